The lowest BCUT2D eigenvalue weighted by atomic mass is 9.89. The van der Waals surface area contributed by atoms with Gasteiger partial charge in [-0.25, -0.2) is 4.39 Å². The second-order valence-corrected chi connectivity index (χ2v) is 4.42. The van der Waals surface area contributed by atoms with Crippen molar-refractivity contribution in [2.45, 2.75) is 18.8 Å². The molecule has 0 unspecified atom stereocenters. The standard InChI is InChI=1S/C14H18FN/c1-2-9-16-10-7-13(8-11-16)12-3-5-14(15)6-4-12/h2-6,13H,1,7-11H2. The Kier molecular flexibility index (Phi) is 3.73. The fraction of sp³-hybridized carbons (Fsp3) is 0.429. The van der Waals surface area contributed by atoms with E-state index in [1.807, 2.05) is 18.2 Å². The summed E-state index contributed by atoms with van der Waals surface area (Å²) in [6.45, 7) is 6.98. The first-order chi connectivity index (χ1) is 7.79. The molecule has 1 heterocycles. The van der Waals surface area contributed by atoms with Crippen LogP contribution in [0.1, 0.15) is 24.3 Å². The lowest BCUT2D eigenvalue weighted by Gasteiger charge is -2.31. The Morgan fingerprint density at radius 1 is 1.25 bits per heavy atom. The minimum absolute atomic E-state index is 0.146. The summed E-state index contributed by atoms with van der Waals surface area (Å²) < 4.78 is 12.8. The largest absolute Gasteiger partial charge is 0.300 e. The molecule has 1 aromatic rings. The quantitative estimate of drug-likeness (QED) is 0.706. The first-order valence-electron chi connectivity index (χ1n) is 5.88. The van der Waals surface area contributed by atoms with Crippen molar-refractivity contribution < 1.29 is 4.39 Å². The molecule has 0 atom stereocenters. The van der Waals surface area contributed by atoms with Crippen molar-refractivity contribution in [1.82, 2.24) is 4.90 Å². The van der Waals surface area contributed by atoms with E-state index in [4.69, 9.17) is 0 Å². The van der Waals surface area contributed by atoms with E-state index in [2.05, 4.69) is 11.5 Å². The Morgan fingerprint density at radius 3 is 2.44 bits per heavy atom. The van der Waals surface area contributed by atoms with Crippen molar-refractivity contribution in [3.63, 3.8) is 0 Å². The molecule has 86 valence electrons. The number of benzene rings is 1. The third-order valence-corrected chi connectivity index (χ3v) is 3.32. The van der Waals surface area contributed by atoms with Gasteiger partial charge in [0.05, 0.1) is 0 Å². The summed E-state index contributed by atoms with van der Waals surface area (Å²) in [5.74, 6) is 0.453. The highest BCUT2D eigenvalue weighted by molar-refractivity contribution is 5.21. The molecule has 1 aliphatic rings. The summed E-state index contributed by atoms with van der Waals surface area (Å²) >= 11 is 0. The zero-order valence-corrected chi connectivity index (χ0v) is 9.53. The van der Waals surface area contributed by atoms with Crippen molar-refractivity contribution in [3.05, 3.63) is 48.3 Å². The van der Waals surface area contributed by atoms with E-state index in [1.165, 1.54) is 18.4 Å². The normalized spacial score (nSPS) is 18.6. The molecule has 1 nitrogen and oxygen atoms in total. The van der Waals surface area contributed by atoms with Gasteiger partial charge in [-0.3, -0.25) is 4.90 Å². The van der Waals surface area contributed by atoms with Crippen molar-refractivity contribution in [2.24, 2.45) is 0 Å². The van der Waals surface area contributed by atoms with Crippen LogP contribution in [0.15, 0.2) is 36.9 Å². The number of piperidine rings is 1. The summed E-state index contributed by atoms with van der Waals surface area (Å²) in [6, 6.07) is 6.96. The molecule has 0 amide bonds. The number of nitrogens with zero attached hydrogens (tertiary/aromatic N) is 1. The molecule has 0 N–H and O–H groups in total. The number of hydrogen-bond acceptors (Lipinski definition) is 1. The summed E-state index contributed by atoms with van der Waals surface area (Å²) in [7, 11) is 0. The smallest absolute Gasteiger partial charge is 0.123 e. The molecular formula is C14H18FN. The van der Waals surface area contributed by atoms with Crippen molar-refractivity contribution in [1.29, 1.82) is 0 Å². The molecule has 1 saturated heterocycles. The second kappa shape index (κ2) is 5.26. The van der Waals surface area contributed by atoms with E-state index in [9.17, 15) is 4.39 Å². The van der Waals surface area contributed by atoms with Crippen LogP contribution in [0.2, 0.25) is 0 Å². The third kappa shape index (κ3) is 2.70. The number of hydrogen-bond donors (Lipinski definition) is 0. The third-order valence-electron chi connectivity index (χ3n) is 3.32. The molecule has 1 aromatic carbocycles. The second-order valence-electron chi connectivity index (χ2n) is 4.42. The van der Waals surface area contributed by atoms with Crippen LogP contribution >= 0.6 is 0 Å². The van der Waals surface area contributed by atoms with Crippen LogP contribution in [-0.2, 0) is 0 Å². The molecule has 0 radical (unpaired) electrons. The van der Waals surface area contributed by atoms with Crippen LogP contribution in [0.5, 0.6) is 0 Å². The fourth-order valence-electron chi connectivity index (χ4n) is 2.37. The molecule has 0 spiro atoms. The SMILES string of the molecule is C=CCN1CCC(c2ccc(F)cc2)CC1. The predicted octanol–water partition coefficient (Wildman–Crippen LogP) is 3.19. The Balaban J connectivity index is 1.93. The van der Waals surface area contributed by atoms with Crippen molar-refractivity contribution in [3.8, 4) is 0 Å². The summed E-state index contributed by atoms with van der Waals surface area (Å²) in [4.78, 5) is 2.41. The lowest BCUT2D eigenvalue weighted by molar-refractivity contribution is 0.232. The fourth-order valence-corrected chi connectivity index (χ4v) is 2.37. The zero-order chi connectivity index (χ0) is 11.4. The highest BCUT2D eigenvalue weighted by Gasteiger charge is 2.19. The van der Waals surface area contributed by atoms with Gasteiger partial charge in [-0.1, -0.05) is 18.2 Å². The first-order valence-corrected chi connectivity index (χ1v) is 5.88. The van der Waals surface area contributed by atoms with Crippen LogP contribution in [0.25, 0.3) is 0 Å². The van der Waals surface area contributed by atoms with Crippen LogP contribution in [-0.4, -0.2) is 24.5 Å². The molecule has 0 aromatic heterocycles. The van der Waals surface area contributed by atoms with E-state index in [0.717, 1.165) is 19.6 Å². The van der Waals surface area contributed by atoms with Crippen LogP contribution in [0.3, 0.4) is 0 Å². The molecular weight excluding hydrogens is 201 g/mol. The average Bonchev–Trinajstić information content (AvgIpc) is 2.32. The summed E-state index contributed by atoms with van der Waals surface area (Å²) in [5.41, 5.74) is 1.28. The van der Waals surface area contributed by atoms with Crippen LogP contribution < -0.4 is 0 Å². The Bertz CT molecular complexity index is 336. The van der Waals surface area contributed by atoms with Gasteiger partial charge in [-0.15, -0.1) is 6.58 Å². The Hall–Kier alpha value is -1.15. The van der Waals surface area contributed by atoms with E-state index < -0.39 is 0 Å². The van der Waals surface area contributed by atoms with Gasteiger partial charge < -0.3 is 0 Å². The lowest BCUT2D eigenvalue weighted by Crippen LogP contribution is -2.32. The van der Waals surface area contributed by atoms with Gasteiger partial charge in [-0.05, 0) is 49.5 Å². The highest BCUT2D eigenvalue weighted by atomic mass is 19.1. The van der Waals surface area contributed by atoms with Gasteiger partial charge in [0, 0.05) is 6.54 Å². The molecule has 0 bridgehead atoms. The molecule has 1 aliphatic heterocycles. The molecule has 16 heavy (non-hydrogen) atoms. The van der Waals surface area contributed by atoms with Gasteiger partial charge in [0.15, 0.2) is 0 Å². The number of likely N-dealkylation sites (tertiary alicyclic amines) is 1. The highest BCUT2D eigenvalue weighted by Crippen LogP contribution is 2.27. The molecule has 0 saturated carbocycles. The monoisotopic (exact) mass is 219 g/mol. The molecule has 2 rings (SSSR count). The molecule has 2 heteroatoms. The maximum atomic E-state index is 12.8. The van der Waals surface area contributed by atoms with E-state index >= 15 is 0 Å². The van der Waals surface area contributed by atoms with E-state index in [0.29, 0.717) is 5.92 Å². The summed E-state index contributed by atoms with van der Waals surface area (Å²) in [6.07, 6.45) is 4.29. The van der Waals surface area contributed by atoms with Crippen LogP contribution in [0, 0.1) is 5.82 Å². The Morgan fingerprint density at radius 2 is 1.88 bits per heavy atom. The summed E-state index contributed by atoms with van der Waals surface area (Å²) in [5, 5.41) is 0. The molecule has 0 aliphatic carbocycles. The Labute approximate surface area is 96.6 Å². The molecule has 1 fully saturated rings. The van der Waals surface area contributed by atoms with Gasteiger partial charge in [0.25, 0.3) is 0 Å². The van der Waals surface area contributed by atoms with Crippen molar-refractivity contribution >= 4 is 0 Å². The van der Waals surface area contributed by atoms with E-state index in [1.54, 1.807) is 12.1 Å². The maximum absolute atomic E-state index is 12.8. The number of halogens is 1. The maximum Gasteiger partial charge on any atom is 0.123 e. The van der Waals surface area contributed by atoms with Gasteiger partial charge in [-0.2, -0.15) is 0 Å². The van der Waals surface area contributed by atoms with Gasteiger partial charge in [0.1, 0.15) is 5.82 Å². The van der Waals surface area contributed by atoms with Gasteiger partial charge in [0.2, 0.25) is 0 Å². The topological polar surface area (TPSA) is 3.24 Å². The zero-order valence-electron chi connectivity index (χ0n) is 9.53. The minimum atomic E-state index is -0.146. The van der Waals surface area contributed by atoms with Crippen molar-refractivity contribution in [2.75, 3.05) is 19.6 Å². The first kappa shape index (κ1) is 11.3. The van der Waals surface area contributed by atoms with E-state index in [-0.39, 0.29) is 5.82 Å². The van der Waals surface area contributed by atoms with Gasteiger partial charge >= 0.3 is 0 Å². The minimum Gasteiger partial charge on any atom is -0.300 e. The van der Waals surface area contributed by atoms with Crippen LogP contribution in [0.4, 0.5) is 4.39 Å². The average molecular weight is 219 g/mol. The number of rotatable bonds is 3. The predicted molar refractivity (Wildman–Crippen MR) is 65.0 cm³/mol.